The molecule has 1 N–H and O–H groups in total. The van der Waals surface area contributed by atoms with Gasteiger partial charge in [-0.15, -0.1) is 0 Å². The number of nitrogens with zero attached hydrogens (tertiary/aromatic N) is 2. The van der Waals surface area contributed by atoms with Crippen LogP contribution in [0, 0.1) is 0 Å². The van der Waals surface area contributed by atoms with Gasteiger partial charge in [0, 0.05) is 16.3 Å². The van der Waals surface area contributed by atoms with Gasteiger partial charge in [0.15, 0.2) is 0 Å². The molecule has 0 spiro atoms. The Morgan fingerprint density at radius 3 is 2.75 bits per heavy atom. The van der Waals surface area contributed by atoms with Crippen LogP contribution in [-0.4, -0.2) is 15.1 Å². The van der Waals surface area contributed by atoms with Gasteiger partial charge < -0.3 is 5.11 Å². The normalized spacial score (nSPS) is 16.3. The average Bonchev–Trinajstić information content (AvgIpc) is 2.16. The topological polar surface area (TPSA) is 46.0 Å². The van der Waals surface area contributed by atoms with Crippen molar-refractivity contribution in [2.45, 2.75) is 25.2 Å². The van der Waals surface area contributed by atoms with Gasteiger partial charge in [0.1, 0.15) is 0 Å². The molecule has 4 heteroatoms. The number of fused-ring (bicyclic) bond motifs is 1. The second-order valence-corrected chi connectivity index (χ2v) is 4.63. The molecular weight excluding hydrogens is 224 g/mol. The lowest BCUT2D eigenvalue weighted by atomic mass is 9.81. The Morgan fingerprint density at radius 2 is 2.06 bits per heavy atom. The van der Waals surface area contributed by atoms with Crippen LogP contribution < -0.4 is 0 Å². The molecule has 0 saturated heterocycles. The van der Waals surface area contributed by atoms with Gasteiger partial charge in [0.2, 0.25) is 0 Å². The third-order valence-corrected chi connectivity index (χ3v) is 3.40. The molecule has 0 atom stereocenters. The fourth-order valence-corrected chi connectivity index (χ4v) is 2.28. The van der Waals surface area contributed by atoms with Crippen LogP contribution >= 0.6 is 11.6 Å². The smallest absolute Gasteiger partial charge is 0.314 e. The quantitative estimate of drug-likeness (QED) is 0.824. The number of rotatable bonds is 1. The highest BCUT2D eigenvalue weighted by atomic mass is 35.5. The number of hydrogen-bond donors (Lipinski definition) is 1. The van der Waals surface area contributed by atoms with Crippen molar-refractivity contribution in [1.82, 2.24) is 9.97 Å². The first-order chi connectivity index (χ1) is 7.74. The van der Waals surface area contributed by atoms with Gasteiger partial charge in [-0.3, -0.25) is 0 Å². The predicted molar refractivity (Wildman–Crippen MR) is 62.8 cm³/mol. The summed E-state index contributed by atoms with van der Waals surface area (Å²) >= 11 is 5.98. The summed E-state index contributed by atoms with van der Waals surface area (Å²) in [6.45, 7) is 0. The summed E-state index contributed by atoms with van der Waals surface area (Å²) < 4.78 is 0. The summed E-state index contributed by atoms with van der Waals surface area (Å²) in [4.78, 5) is 8.15. The molecule has 82 valence electrons. The van der Waals surface area contributed by atoms with E-state index >= 15 is 0 Å². The van der Waals surface area contributed by atoms with Crippen LogP contribution in [-0.2, 0) is 0 Å². The molecule has 0 bridgehead atoms. The van der Waals surface area contributed by atoms with E-state index in [0.29, 0.717) is 10.9 Å². The van der Waals surface area contributed by atoms with E-state index in [0.717, 1.165) is 29.4 Å². The van der Waals surface area contributed by atoms with Crippen LogP contribution in [0.4, 0.5) is 0 Å². The minimum atomic E-state index is -0.142. The molecule has 0 amide bonds. The monoisotopic (exact) mass is 234 g/mol. The molecule has 1 fully saturated rings. The highest BCUT2D eigenvalue weighted by molar-refractivity contribution is 6.31. The maximum Gasteiger partial charge on any atom is 0.314 e. The van der Waals surface area contributed by atoms with Gasteiger partial charge in [-0.1, -0.05) is 18.0 Å². The Bertz CT molecular complexity index is 552. The van der Waals surface area contributed by atoms with Crippen molar-refractivity contribution in [3.05, 3.63) is 28.9 Å². The van der Waals surface area contributed by atoms with Crippen LogP contribution in [0.5, 0.6) is 6.01 Å². The van der Waals surface area contributed by atoms with E-state index in [1.807, 2.05) is 12.1 Å². The summed E-state index contributed by atoms with van der Waals surface area (Å²) in [7, 11) is 0. The first-order valence-corrected chi connectivity index (χ1v) is 5.78. The van der Waals surface area contributed by atoms with Crippen LogP contribution in [0.15, 0.2) is 18.2 Å². The first-order valence-electron chi connectivity index (χ1n) is 5.40. The second kappa shape index (κ2) is 3.59. The average molecular weight is 235 g/mol. The standard InChI is InChI=1S/C12H11ClN2O/c13-8-4-5-10-9(6-8)11(7-2-1-3-7)15-12(16)14-10/h4-7H,1-3H2,(H,14,15,16). The summed E-state index contributed by atoms with van der Waals surface area (Å²) in [5.74, 6) is 0.454. The van der Waals surface area contributed by atoms with Crippen LogP contribution in [0.1, 0.15) is 30.9 Å². The zero-order chi connectivity index (χ0) is 11.1. The Balaban J connectivity index is 2.26. The molecule has 1 aromatic heterocycles. The van der Waals surface area contributed by atoms with Crippen molar-refractivity contribution < 1.29 is 5.11 Å². The fraction of sp³-hybridized carbons (Fsp3) is 0.333. The number of aromatic nitrogens is 2. The second-order valence-electron chi connectivity index (χ2n) is 4.20. The SMILES string of the molecule is Oc1nc(C2CCC2)c2cc(Cl)ccc2n1. The molecule has 0 unspecified atom stereocenters. The molecule has 3 rings (SSSR count). The zero-order valence-electron chi connectivity index (χ0n) is 8.65. The highest BCUT2D eigenvalue weighted by Gasteiger charge is 2.24. The third kappa shape index (κ3) is 1.52. The van der Waals surface area contributed by atoms with Crippen molar-refractivity contribution in [2.24, 2.45) is 0 Å². The predicted octanol–water partition coefficient (Wildman–Crippen LogP) is 3.26. The molecule has 2 aromatic rings. The summed E-state index contributed by atoms with van der Waals surface area (Å²) in [5, 5.41) is 11.1. The molecule has 3 nitrogen and oxygen atoms in total. The lowest BCUT2D eigenvalue weighted by Crippen LogP contribution is -2.11. The van der Waals surface area contributed by atoms with Gasteiger partial charge in [0.25, 0.3) is 0 Å². The van der Waals surface area contributed by atoms with E-state index < -0.39 is 0 Å². The summed E-state index contributed by atoms with van der Waals surface area (Å²) in [6, 6.07) is 5.34. The van der Waals surface area contributed by atoms with E-state index in [4.69, 9.17) is 11.6 Å². The van der Waals surface area contributed by atoms with Crippen LogP contribution in [0.3, 0.4) is 0 Å². The molecule has 0 aliphatic heterocycles. The fourth-order valence-electron chi connectivity index (χ4n) is 2.10. The summed E-state index contributed by atoms with van der Waals surface area (Å²) in [5.41, 5.74) is 1.70. The largest absolute Gasteiger partial charge is 0.479 e. The van der Waals surface area contributed by atoms with Gasteiger partial charge in [-0.25, -0.2) is 0 Å². The van der Waals surface area contributed by atoms with E-state index in [-0.39, 0.29) is 6.01 Å². The Hall–Kier alpha value is -1.35. The maximum absolute atomic E-state index is 9.49. The van der Waals surface area contributed by atoms with Crippen LogP contribution in [0.2, 0.25) is 5.02 Å². The zero-order valence-corrected chi connectivity index (χ0v) is 9.41. The minimum Gasteiger partial charge on any atom is -0.479 e. The molecule has 1 aromatic carbocycles. The lowest BCUT2D eigenvalue weighted by molar-refractivity contribution is 0.394. The van der Waals surface area contributed by atoms with E-state index in [1.165, 1.54) is 6.42 Å². The number of aromatic hydroxyl groups is 1. The minimum absolute atomic E-state index is 0.142. The van der Waals surface area contributed by atoms with Crippen molar-refractivity contribution in [3.8, 4) is 6.01 Å². The number of halogens is 1. The molecule has 16 heavy (non-hydrogen) atoms. The Kier molecular flexibility index (Phi) is 2.21. The molecule has 1 saturated carbocycles. The highest BCUT2D eigenvalue weighted by Crippen LogP contribution is 2.39. The van der Waals surface area contributed by atoms with E-state index in [1.54, 1.807) is 6.07 Å². The number of hydrogen-bond acceptors (Lipinski definition) is 3. The van der Waals surface area contributed by atoms with Crippen molar-refractivity contribution in [1.29, 1.82) is 0 Å². The molecule has 0 radical (unpaired) electrons. The van der Waals surface area contributed by atoms with E-state index in [9.17, 15) is 5.11 Å². The van der Waals surface area contributed by atoms with Gasteiger partial charge >= 0.3 is 6.01 Å². The molecular formula is C12H11ClN2O. The van der Waals surface area contributed by atoms with Crippen molar-refractivity contribution in [2.75, 3.05) is 0 Å². The molecule has 1 heterocycles. The van der Waals surface area contributed by atoms with Gasteiger partial charge in [-0.05, 0) is 31.0 Å². The van der Waals surface area contributed by atoms with Gasteiger partial charge in [0.05, 0.1) is 11.2 Å². The first kappa shape index (κ1) is 9.85. The maximum atomic E-state index is 9.49. The summed E-state index contributed by atoms with van der Waals surface area (Å²) in [6.07, 6.45) is 3.51. The van der Waals surface area contributed by atoms with E-state index in [2.05, 4.69) is 9.97 Å². The Labute approximate surface area is 98.1 Å². The lowest BCUT2D eigenvalue weighted by Gasteiger charge is -2.25. The van der Waals surface area contributed by atoms with Crippen LogP contribution in [0.25, 0.3) is 10.9 Å². The van der Waals surface area contributed by atoms with Crippen molar-refractivity contribution in [3.63, 3.8) is 0 Å². The third-order valence-electron chi connectivity index (χ3n) is 3.17. The van der Waals surface area contributed by atoms with Crippen molar-refractivity contribution >= 4 is 22.5 Å². The molecule has 1 aliphatic carbocycles. The number of benzene rings is 1. The van der Waals surface area contributed by atoms with Gasteiger partial charge in [-0.2, -0.15) is 9.97 Å². The Morgan fingerprint density at radius 1 is 1.25 bits per heavy atom. The molecule has 1 aliphatic rings.